The first-order chi connectivity index (χ1) is 10.1. The molecule has 2 saturated heterocycles. The molecule has 0 spiro atoms. The van der Waals surface area contributed by atoms with Crippen LogP contribution in [0.2, 0.25) is 5.02 Å². The number of quaternary nitrogens is 1. The number of likely N-dealkylation sites (tertiary alicyclic amines) is 1. The fourth-order valence-corrected chi connectivity index (χ4v) is 3.32. The van der Waals surface area contributed by atoms with Crippen molar-refractivity contribution in [3.8, 4) is 0 Å². The Labute approximate surface area is 127 Å². The van der Waals surface area contributed by atoms with E-state index in [-0.39, 0.29) is 35.0 Å². The van der Waals surface area contributed by atoms with Crippen molar-refractivity contribution in [1.82, 2.24) is 0 Å². The Morgan fingerprint density at radius 3 is 2.57 bits per heavy atom. The standard InChI is InChI=1S/C15H16ClFN2O2/c16-11-5-4-10(8-12(11)17)19-14(20)9-13(15(19)21)18-6-2-1-3-7-18/h4-5,8,13H,1-3,6-7,9H2/p+1/t13-/m1/s1. The summed E-state index contributed by atoms with van der Waals surface area (Å²) in [5, 5.41) is -0.0175. The number of piperidine rings is 1. The highest BCUT2D eigenvalue weighted by Gasteiger charge is 2.45. The van der Waals surface area contributed by atoms with Gasteiger partial charge in [-0.15, -0.1) is 0 Å². The quantitative estimate of drug-likeness (QED) is 0.833. The monoisotopic (exact) mass is 311 g/mol. The van der Waals surface area contributed by atoms with Crippen molar-refractivity contribution in [3.63, 3.8) is 0 Å². The van der Waals surface area contributed by atoms with E-state index >= 15 is 0 Å². The predicted octanol–water partition coefficient (Wildman–Crippen LogP) is 1.18. The van der Waals surface area contributed by atoms with E-state index in [4.69, 9.17) is 11.6 Å². The second-order valence-corrected chi connectivity index (χ2v) is 6.05. The van der Waals surface area contributed by atoms with Crippen LogP contribution in [-0.4, -0.2) is 30.9 Å². The molecule has 4 nitrogen and oxygen atoms in total. The topological polar surface area (TPSA) is 41.8 Å². The van der Waals surface area contributed by atoms with Crippen molar-refractivity contribution >= 4 is 29.1 Å². The van der Waals surface area contributed by atoms with Gasteiger partial charge in [-0.25, -0.2) is 9.29 Å². The molecule has 112 valence electrons. The van der Waals surface area contributed by atoms with Crippen LogP contribution in [0.4, 0.5) is 10.1 Å². The summed E-state index contributed by atoms with van der Waals surface area (Å²) in [5.74, 6) is -1.10. The van der Waals surface area contributed by atoms with E-state index in [1.54, 1.807) is 0 Å². The van der Waals surface area contributed by atoms with Gasteiger partial charge in [0.2, 0.25) is 5.91 Å². The van der Waals surface area contributed by atoms with Crippen LogP contribution in [0.5, 0.6) is 0 Å². The molecule has 1 atom stereocenters. The highest BCUT2D eigenvalue weighted by molar-refractivity contribution is 6.31. The van der Waals surface area contributed by atoms with E-state index < -0.39 is 5.82 Å². The van der Waals surface area contributed by atoms with Gasteiger partial charge in [0.25, 0.3) is 5.91 Å². The molecule has 1 aromatic rings. The first-order valence-electron chi connectivity index (χ1n) is 7.24. The van der Waals surface area contributed by atoms with Crippen LogP contribution in [0, 0.1) is 5.82 Å². The second kappa shape index (κ2) is 5.73. The summed E-state index contributed by atoms with van der Waals surface area (Å²) >= 11 is 5.64. The zero-order valence-electron chi connectivity index (χ0n) is 11.6. The number of hydrogen-bond donors (Lipinski definition) is 1. The van der Waals surface area contributed by atoms with Crippen LogP contribution in [0.1, 0.15) is 25.7 Å². The van der Waals surface area contributed by atoms with Gasteiger partial charge < -0.3 is 4.90 Å². The van der Waals surface area contributed by atoms with Gasteiger partial charge in [0.15, 0.2) is 6.04 Å². The molecule has 2 aliphatic heterocycles. The zero-order valence-corrected chi connectivity index (χ0v) is 12.3. The third kappa shape index (κ3) is 2.68. The SMILES string of the molecule is O=C1C[C@@H]([NH+]2CCCCC2)C(=O)N1c1ccc(Cl)c(F)c1. The van der Waals surface area contributed by atoms with Gasteiger partial charge in [0, 0.05) is 0 Å². The Bertz CT molecular complexity index is 587. The molecule has 1 aromatic carbocycles. The second-order valence-electron chi connectivity index (χ2n) is 5.64. The lowest BCUT2D eigenvalue weighted by atomic mass is 10.1. The summed E-state index contributed by atoms with van der Waals surface area (Å²) in [6, 6.07) is 3.70. The third-order valence-corrected chi connectivity index (χ3v) is 4.60. The molecule has 0 aliphatic carbocycles. The molecule has 2 fully saturated rings. The van der Waals surface area contributed by atoms with Crippen molar-refractivity contribution in [1.29, 1.82) is 0 Å². The number of rotatable bonds is 2. The summed E-state index contributed by atoms with van der Waals surface area (Å²) in [5.41, 5.74) is 0.269. The number of imide groups is 1. The summed E-state index contributed by atoms with van der Waals surface area (Å²) in [7, 11) is 0. The van der Waals surface area contributed by atoms with Gasteiger partial charge in [-0.2, -0.15) is 0 Å². The minimum Gasteiger partial charge on any atom is -0.324 e. The molecular weight excluding hydrogens is 295 g/mol. The zero-order chi connectivity index (χ0) is 15.0. The molecule has 6 heteroatoms. The molecule has 1 N–H and O–H groups in total. The van der Waals surface area contributed by atoms with Gasteiger partial charge in [-0.05, 0) is 37.5 Å². The van der Waals surface area contributed by atoms with Gasteiger partial charge in [0.05, 0.1) is 30.2 Å². The number of halogens is 2. The summed E-state index contributed by atoms with van der Waals surface area (Å²) in [6.45, 7) is 1.85. The van der Waals surface area contributed by atoms with Crippen LogP contribution in [0.3, 0.4) is 0 Å². The maximum atomic E-state index is 13.6. The largest absolute Gasteiger partial charge is 0.324 e. The first-order valence-corrected chi connectivity index (χ1v) is 7.62. The molecule has 2 aliphatic rings. The fraction of sp³-hybridized carbons (Fsp3) is 0.467. The maximum Gasteiger partial charge on any atom is 0.292 e. The molecule has 0 aromatic heterocycles. The van der Waals surface area contributed by atoms with Crippen LogP contribution >= 0.6 is 11.6 Å². The highest BCUT2D eigenvalue weighted by atomic mass is 35.5. The minimum absolute atomic E-state index is 0.0175. The number of nitrogens with zero attached hydrogens (tertiary/aromatic N) is 1. The van der Waals surface area contributed by atoms with Crippen LogP contribution in [0.25, 0.3) is 0 Å². The average molecular weight is 312 g/mol. The average Bonchev–Trinajstić information content (AvgIpc) is 2.78. The predicted molar refractivity (Wildman–Crippen MR) is 76.9 cm³/mol. The van der Waals surface area contributed by atoms with Crippen molar-refractivity contribution in [2.75, 3.05) is 18.0 Å². The van der Waals surface area contributed by atoms with Crippen LogP contribution in [0.15, 0.2) is 18.2 Å². The van der Waals surface area contributed by atoms with E-state index in [1.807, 2.05) is 0 Å². The molecule has 0 bridgehead atoms. The van der Waals surface area contributed by atoms with E-state index in [0.29, 0.717) is 0 Å². The molecular formula is C15H17ClFN2O2+. The van der Waals surface area contributed by atoms with E-state index in [1.165, 1.54) is 23.5 Å². The Morgan fingerprint density at radius 1 is 1.19 bits per heavy atom. The fourth-order valence-electron chi connectivity index (χ4n) is 3.20. The molecule has 0 radical (unpaired) electrons. The molecule has 2 amide bonds. The highest BCUT2D eigenvalue weighted by Crippen LogP contribution is 2.26. The lowest BCUT2D eigenvalue weighted by Gasteiger charge is -2.27. The van der Waals surface area contributed by atoms with E-state index in [9.17, 15) is 14.0 Å². The third-order valence-electron chi connectivity index (χ3n) is 4.30. The maximum absolute atomic E-state index is 13.6. The van der Waals surface area contributed by atoms with Crippen molar-refractivity contribution in [3.05, 3.63) is 29.0 Å². The smallest absolute Gasteiger partial charge is 0.292 e. The van der Waals surface area contributed by atoms with Crippen molar-refractivity contribution in [2.24, 2.45) is 0 Å². The lowest BCUT2D eigenvalue weighted by molar-refractivity contribution is -0.919. The van der Waals surface area contributed by atoms with Gasteiger partial charge in [-0.1, -0.05) is 11.6 Å². The number of benzene rings is 1. The Hall–Kier alpha value is -1.46. The van der Waals surface area contributed by atoms with Gasteiger partial charge in [0.1, 0.15) is 5.82 Å². The number of carbonyl (C=O) groups is 2. The Morgan fingerprint density at radius 2 is 1.90 bits per heavy atom. The molecule has 0 unspecified atom stereocenters. The number of nitrogens with one attached hydrogen (secondary N) is 1. The summed E-state index contributed by atoms with van der Waals surface area (Å²) in [6.07, 6.45) is 3.56. The first kappa shape index (κ1) is 14.5. The number of carbonyl (C=O) groups excluding carboxylic acids is 2. The molecule has 21 heavy (non-hydrogen) atoms. The van der Waals surface area contributed by atoms with Gasteiger partial charge >= 0.3 is 0 Å². The number of hydrogen-bond acceptors (Lipinski definition) is 2. The minimum atomic E-state index is -0.622. The van der Waals surface area contributed by atoms with Crippen molar-refractivity contribution in [2.45, 2.75) is 31.7 Å². The van der Waals surface area contributed by atoms with E-state index in [2.05, 4.69) is 0 Å². The summed E-state index contributed by atoms with van der Waals surface area (Å²) < 4.78 is 13.6. The van der Waals surface area contributed by atoms with E-state index in [0.717, 1.165) is 36.9 Å². The van der Waals surface area contributed by atoms with Crippen LogP contribution < -0.4 is 9.80 Å². The molecule has 2 heterocycles. The Kier molecular flexibility index (Phi) is 3.95. The number of amides is 2. The van der Waals surface area contributed by atoms with Crippen molar-refractivity contribution < 1.29 is 18.9 Å². The summed E-state index contributed by atoms with van der Waals surface area (Å²) in [4.78, 5) is 27.0. The number of anilines is 1. The normalized spacial score (nSPS) is 23.9. The lowest BCUT2D eigenvalue weighted by Crippen LogP contribution is -3.17. The molecule has 0 saturated carbocycles. The Balaban J connectivity index is 1.84. The molecule has 3 rings (SSSR count). The van der Waals surface area contributed by atoms with Gasteiger partial charge in [-0.3, -0.25) is 9.59 Å². The van der Waals surface area contributed by atoms with Crippen LogP contribution in [-0.2, 0) is 9.59 Å².